The van der Waals surface area contributed by atoms with E-state index in [0.29, 0.717) is 11.4 Å². The van der Waals surface area contributed by atoms with Gasteiger partial charge in [-0.3, -0.25) is 4.79 Å². The summed E-state index contributed by atoms with van der Waals surface area (Å²) in [5, 5.41) is 2.90. The van der Waals surface area contributed by atoms with E-state index < -0.39 is 0 Å². The zero-order chi connectivity index (χ0) is 12.7. The molecule has 1 rings (SSSR count). The molecule has 0 radical (unpaired) electrons. The zero-order valence-corrected chi connectivity index (χ0v) is 11.5. The highest BCUT2D eigenvalue weighted by molar-refractivity contribution is 7.80. The highest BCUT2D eigenvalue weighted by atomic mass is 32.1. The van der Waals surface area contributed by atoms with Crippen molar-refractivity contribution in [3.8, 4) is 0 Å². The Labute approximate surface area is 110 Å². The van der Waals surface area contributed by atoms with Crippen LogP contribution in [0.2, 0.25) is 0 Å². The lowest BCUT2D eigenvalue weighted by atomic mass is 9.86. The van der Waals surface area contributed by atoms with Gasteiger partial charge >= 0.3 is 0 Å². The topological polar surface area (TPSA) is 55.1 Å². The summed E-state index contributed by atoms with van der Waals surface area (Å²) in [6, 6.07) is -0.135. The molecule has 1 atom stereocenters. The van der Waals surface area contributed by atoms with Gasteiger partial charge in [-0.2, -0.15) is 0 Å². The van der Waals surface area contributed by atoms with Crippen LogP contribution in [0.1, 0.15) is 58.3 Å². The summed E-state index contributed by atoms with van der Waals surface area (Å²) < 4.78 is 0. The third-order valence-electron chi connectivity index (χ3n) is 3.59. The number of carbonyl (C=O) groups excluding carboxylic acids is 1. The maximum Gasteiger partial charge on any atom is 0.220 e. The Balaban J connectivity index is 2.21. The van der Waals surface area contributed by atoms with Gasteiger partial charge in [0.1, 0.15) is 0 Å². The summed E-state index contributed by atoms with van der Waals surface area (Å²) in [5.74, 6) is 0.842. The molecular weight excluding hydrogens is 232 g/mol. The average Bonchev–Trinajstić information content (AvgIpc) is 2.34. The normalized spacial score (nSPS) is 18.6. The molecule has 0 bridgehead atoms. The number of thiocarbonyl (C=S) groups is 1. The van der Waals surface area contributed by atoms with E-state index in [0.717, 1.165) is 18.8 Å². The van der Waals surface area contributed by atoms with Crippen LogP contribution in [0.25, 0.3) is 0 Å². The number of hydrogen-bond donors (Lipinski definition) is 2. The van der Waals surface area contributed by atoms with Gasteiger partial charge in [-0.1, -0.05) is 51.2 Å². The molecule has 1 amide bonds. The van der Waals surface area contributed by atoms with E-state index in [4.69, 9.17) is 18.0 Å². The molecule has 3 N–H and O–H groups in total. The molecule has 1 fully saturated rings. The summed E-state index contributed by atoms with van der Waals surface area (Å²) in [6.45, 7) is 1.98. The van der Waals surface area contributed by atoms with Crippen molar-refractivity contribution in [1.82, 2.24) is 5.32 Å². The van der Waals surface area contributed by atoms with Gasteiger partial charge in [-0.25, -0.2) is 0 Å². The fourth-order valence-corrected chi connectivity index (χ4v) is 2.68. The smallest absolute Gasteiger partial charge is 0.220 e. The van der Waals surface area contributed by atoms with Gasteiger partial charge in [0, 0.05) is 6.42 Å². The van der Waals surface area contributed by atoms with Crippen molar-refractivity contribution < 1.29 is 4.79 Å². The Morgan fingerprint density at radius 1 is 1.41 bits per heavy atom. The second kappa shape index (κ2) is 7.64. The summed E-state index contributed by atoms with van der Waals surface area (Å²) >= 11 is 4.91. The van der Waals surface area contributed by atoms with Crippen LogP contribution in [0.5, 0.6) is 0 Å². The minimum absolute atomic E-state index is 0.0928. The summed E-state index contributed by atoms with van der Waals surface area (Å²) in [7, 11) is 0. The Morgan fingerprint density at radius 3 is 2.59 bits per heavy atom. The number of hydrogen-bond acceptors (Lipinski definition) is 2. The lowest BCUT2D eigenvalue weighted by molar-refractivity contribution is -0.121. The van der Waals surface area contributed by atoms with Crippen LogP contribution in [0, 0.1) is 5.92 Å². The van der Waals surface area contributed by atoms with Gasteiger partial charge in [-0.15, -0.1) is 0 Å². The molecule has 1 aliphatic rings. The van der Waals surface area contributed by atoms with E-state index in [2.05, 4.69) is 5.32 Å². The van der Waals surface area contributed by atoms with Crippen LogP contribution in [0.15, 0.2) is 0 Å². The number of nitrogens with two attached hydrogens (primary N) is 1. The molecule has 17 heavy (non-hydrogen) atoms. The lowest BCUT2D eigenvalue weighted by Crippen LogP contribution is -2.43. The fourth-order valence-electron chi connectivity index (χ4n) is 2.45. The van der Waals surface area contributed by atoms with Crippen LogP contribution in [-0.2, 0) is 4.79 Å². The monoisotopic (exact) mass is 256 g/mol. The minimum atomic E-state index is -0.135. The first-order valence-electron chi connectivity index (χ1n) is 6.72. The van der Waals surface area contributed by atoms with Crippen molar-refractivity contribution >= 4 is 23.1 Å². The Kier molecular flexibility index (Phi) is 6.48. The van der Waals surface area contributed by atoms with Crippen molar-refractivity contribution in [2.75, 3.05) is 0 Å². The van der Waals surface area contributed by atoms with E-state index in [-0.39, 0.29) is 11.9 Å². The minimum Gasteiger partial charge on any atom is -0.392 e. The largest absolute Gasteiger partial charge is 0.392 e. The van der Waals surface area contributed by atoms with Crippen molar-refractivity contribution in [2.45, 2.75) is 64.3 Å². The number of nitrogens with one attached hydrogen (secondary N) is 1. The first kappa shape index (κ1) is 14.4. The third kappa shape index (κ3) is 5.48. The first-order chi connectivity index (χ1) is 8.13. The summed E-state index contributed by atoms with van der Waals surface area (Å²) in [5.41, 5.74) is 5.55. The van der Waals surface area contributed by atoms with Crippen LogP contribution in [0.4, 0.5) is 0 Å². The molecule has 0 aromatic carbocycles. The van der Waals surface area contributed by atoms with Crippen LogP contribution in [-0.4, -0.2) is 16.9 Å². The Bertz CT molecular complexity index is 262. The maximum atomic E-state index is 11.7. The molecule has 1 unspecified atom stereocenters. The molecule has 4 heteroatoms. The van der Waals surface area contributed by atoms with Gasteiger partial charge in [0.2, 0.25) is 5.91 Å². The van der Waals surface area contributed by atoms with Gasteiger partial charge in [-0.05, 0) is 18.8 Å². The highest BCUT2D eigenvalue weighted by Gasteiger charge is 2.17. The fraction of sp³-hybridized carbons (Fsp3) is 0.846. The molecule has 0 aromatic heterocycles. The predicted molar refractivity (Wildman–Crippen MR) is 74.8 cm³/mol. The average molecular weight is 256 g/mol. The van der Waals surface area contributed by atoms with Gasteiger partial charge < -0.3 is 11.1 Å². The van der Waals surface area contributed by atoms with Crippen LogP contribution < -0.4 is 11.1 Å². The third-order valence-corrected chi connectivity index (χ3v) is 3.88. The van der Waals surface area contributed by atoms with Crippen molar-refractivity contribution in [3.63, 3.8) is 0 Å². The second-order valence-corrected chi connectivity index (χ2v) is 5.44. The standard InChI is InChI=1S/C13H24N2OS/c1-2-11(13(14)17)15-12(16)9-8-10-6-4-3-5-7-10/h10-11H,2-9H2,1H3,(H2,14,17)(H,15,16). The summed E-state index contributed by atoms with van der Waals surface area (Å²) in [6.07, 6.45) is 9.00. The van der Waals surface area contributed by atoms with E-state index in [1.165, 1.54) is 32.1 Å². The lowest BCUT2D eigenvalue weighted by Gasteiger charge is -2.21. The van der Waals surface area contributed by atoms with E-state index >= 15 is 0 Å². The molecule has 0 aliphatic heterocycles. The molecule has 0 spiro atoms. The molecule has 0 aromatic rings. The van der Waals surface area contributed by atoms with Crippen LogP contribution >= 0.6 is 12.2 Å². The SMILES string of the molecule is CCC(NC(=O)CCC1CCCCC1)C(N)=S. The molecule has 0 saturated heterocycles. The molecule has 1 saturated carbocycles. The predicted octanol–water partition coefficient (Wildman–Crippen LogP) is 2.53. The van der Waals surface area contributed by atoms with Gasteiger partial charge in [0.15, 0.2) is 0 Å². The van der Waals surface area contributed by atoms with Crippen molar-refractivity contribution in [2.24, 2.45) is 11.7 Å². The number of amides is 1. The van der Waals surface area contributed by atoms with Crippen molar-refractivity contribution in [3.05, 3.63) is 0 Å². The Morgan fingerprint density at radius 2 is 2.06 bits per heavy atom. The molecule has 3 nitrogen and oxygen atoms in total. The van der Waals surface area contributed by atoms with E-state index in [1.807, 2.05) is 6.92 Å². The number of rotatable bonds is 6. The first-order valence-corrected chi connectivity index (χ1v) is 7.13. The summed E-state index contributed by atoms with van der Waals surface area (Å²) in [4.78, 5) is 12.1. The van der Waals surface area contributed by atoms with Gasteiger partial charge in [0.05, 0.1) is 11.0 Å². The maximum absolute atomic E-state index is 11.7. The van der Waals surface area contributed by atoms with Crippen molar-refractivity contribution in [1.29, 1.82) is 0 Å². The molecule has 1 aliphatic carbocycles. The zero-order valence-electron chi connectivity index (χ0n) is 10.7. The second-order valence-electron chi connectivity index (χ2n) is 4.97. The van der Waals surface area contributed by atoms with E-state index in [1.54, 1.807) is 0 Å². The quantitative estimate of drug-likeness (QED) is 0.718. The van der Waals surface area contributed by atoms with Crippen LogP contribution in [0.3, 0.4) is 0 Å². The number of carbonyl (C=O) groups is 1. The molecule has 0 heterocycles. The van der Waals surface area contributed by atoms with Gasteiger partial charge in [0.25, 0.3) is 0 Å². The van der Waals surface area contributed by atoms with E-state index in [9.17, 15) is 4.79 Å². The molecular formula is C13H24N2OS. The Hall–Kier alpha value is -0.640. The highest BCUT2D eigenvalue weighted by Crippen LogP contribution is 2.27. The molecule has 98 valence electrons.